The first-order valence-corrected chi connectivity index (χ1v) is 4.17. The molecule has 1 aromatic carbocycles. The average molecular weight is 169 g/mol. The molecule has 2 heteroatoms. The smallest absolute Gasteiger partial charge is 0.153 e. The Morgan fingerprint density at radius 3 is 2.77 bits per heavy atom. The van der Waals surface area contributed by atoms with Crippen LogP contribution < -0.4 is 0 Å². The summed E-state index contributed by atoms with van der Waals surface area (Å²) in [6, 6.07) is 11.7. The Kier molecular flexibility index (Phi) is 1.19. The van der Waals surface area contributed by atoms with Crippen molar-refractivity contribution in [2.45, 2.75) is 0 Å². The number of fused-ring (bicyclic) bond motifs is 3. The summed E-state index contributed by atoms with van der Waals surface area (Å²) in [4.78, 5) is 4.28. The number of para-hydroxylation sites is 1. The van der Waals surface area contributed by atoms with Crippen LogP contribution >= 0.6 is 0 Å². The third kappa shape index (κ3) is 0.855. The molecular formula is C11H7NO. The Morgan fingerprint density at radius 1 is 0.923 bits per heavy atom. The van der Waals surface area contributed by atoms with Crippen LogP contribution in [0.3, 0.4) is 0 Å². The minimum atomic E-state index is 0.851. The van der Waals surface area contributed by atoms with E-state index in [1.165, 1.54) is 0 Å². The van der Waals surface area contributed by atoms with Gasteiger partial charge in [-0.1, -0.05) is 12.1 Å². The molecule has 2 aromatic heterocycles. The maximum absolute atomic E-state index is 5.59. The Morgan fingerprint density at radius 2 is 1.77 bits per heavy atom. The summed E-state index contributed by atoms with van der Waals surface area (Å²) in [6.07, 6.45) is 1.78. The molecule has 62 valence electrons. The highest BCUT2D eigenvalue weighted by Gasteiger charge is 2.04. The third-order valence-corrected chi connectivity index (χ3v) is 2.13. The second kappa shape index (κ2) is 2.33. The van der Waals surface area contributed by atoms with Gasteiger partial charge in [0.25, 0.3) is 0 Å². The molecule has 0 saturated heterocycles. The lowest BCUT2D eigenvalue weighted by molar-refractivity contribution is 0.668. The summed E-state index contributed by atoms with van der Waals surface area (Å²) < 4.78 is 5.59. The van der Waals surface area contributed by atoms with Crippen molar-refractivity contribution < 1.29 is 4.42 Å². The molecule has 0 radical (unpaired) electrons. The Bertz CT molecular complexity index is 518. The number of pyridine rings is 1. The van der Waals surface area contributed by atoms with Gasteiger partial charge in [-0.05, 0) is 24.3 Å². The lowest BCUT2D eigenvalue weighted by Gasteiger charge is -1.84. The van der Waals surface area contributed by atoms with Crippen LogP contribution in [-0.2, 0) is 0 Å². The van der Waals surface area contributed by atoms with Gasteiger partial charge in [-0.3, -0.25) is 4.98 Å². The molecule has 2 nitrogen and oxygen atoms in total. The highest BCUT2D eigenvalue weighted by atomic mass is 16.3. The molecule has 0 spiro atoms. The first-order valence-electron chi connectivity index (χ1n) is 4.17. The van der Waals surface area contributed by atoms with Gasteiger partial charge in [-0.15, -0.1) is 0 Å². The molecule has 0 aliphatic heterocycles. The fourth-order valence-corrected chi connectivity index (χ4v) is 1.54. The minimum absolute atomic E-state index is 0.851. The summed E-state index contributed by atoms with van der Waals surface area (Å²) >= 11 is 0. The quantitative estimate of drug-likeness (QED) is 0.517. The number of furan rings is 1. The highest BCUT2D eigenvalue weighted by molar-refractivity contribution is 6.01. The van der Waals surface area contributed by atoms with Crippen molar-refractivity contribution in [2.75, 3.05) is 0 Å². The van der Waals surface area contributed by atoms with Crippen molar-refractivity contribution in [3.8, 4) is 0 Å². The van der Waals surface area contributed by atoms with Crippen LogP contribution in [0.5, 0.6) is 0 Å². The molecule has 0 amide bonds. The van der Waals surface area contributed by atoms with E-state index < -0.39 is 0 Å². The van der Waals surface area contributed by atoms with E-state index in [4.69, 9.17) is 4.42 Å². The van der Waals surface area contributed by atoms with Crippen molar-refractivity contribution >= 4 is 22.1 Å². The molecule has 0 bridgehead atoms. The second-order valence-corrected chi connectivity index (χ2v) is 2.95. The number of aromatic nitrogens is 1. The summed E-state index contributed by atoms with van der Waals surface area (Å²) in [7, 11) is 0. The predicted octanol–water partition coefficient (Wildman–Crippen LogP) is 2.98. The van der Waals surface area contributed by atoms with Crippen LogP contribution in [-0.4, -0.2) is 4.98 Å². The Labute approximate surface area is 74.8 Å². The van der Waals surface area contributed by atoms with Crippen LogP contribution in [0.25, 0.3) is 22.1 Å². The van der Waals surface area contributed by atoms with E-state index in [2.05, 4.69) is 4.98 Å². The van der Waals surface area contributed by atoms with Crippen molar-refractivity contribution in [3.05, 3.63) is 42.6 Å². The van der Waals surface area contributed by atoms with Gasteiger partial charge in [0.05, 0.1) is 0 Å². The molecule has 0 aliphatic rings. The third-order valence-electron chi connectivity index (χ3n) is 2.13. The van der Waals surface area contributed by atoms with Gasteiger partial charge in [0.1, 0.15) is 11.1 Å². The van der Waals surface area contributed by atoms with Gasteiger partial charge in [0.2, 0.25) is 0 Å². The van der Waals surface area contributed by atoms with Gasteiger partial charge in [0, 0.05) is 11.6 Å². The molecule has 3 rings (SSSR count). The van der Waals surface area contributed by atoms with E-state index in [1.807, 2.05) is 36.4 Å². The molecule has 0 N–H and O–H groups in total. The molecule has 0 aliphatic carbocycles. The molecule has 2 heterocycles. The van der Waals surface area contributed by atoms with E-state index in [1.54, 1.807) is 6.20 Å². The maximum Gasteiger partial charge on any atom is 0.153 e. The summed E-state index contributed by atoms with van der Waals surface area (Å²) in [5.74, 6) is 0. The molecule has 3 aromatic rings. The van der Waals surface area contributed by atoms with Crippen molar-refractivity contribution in [3.63, 3.8) is 0 Å². The van der Waals surface area contributed by atoms with Gasteiger partial charge in [0.15, 0.2) is 5.58 Å². The topological polar surface area (TPSA) is 26.0 Å². The van der Waals surface area contributed by atoms with Crippen molar-refractivity contribution in [1.29, 1.82) is 0 Å². The first kappa shape index (κ1) is 6.66. The molecule has 0 saturated carbocycles. The largest absolute Gasteiger partial charge is 0.454 e. The van der Waals surface area contributed by atoms with E-state index in [0.717, 1.165) is 22.1 Å². The van der Waals surface area contributed by atoms with E-state index in [9.17, 15) is 0 Å². The lowest BCUT2D eigenvalue weighted by Crippen LogP contribution is -1.70. The summed E-state index contributed by atoms with van der Waals surface area (Å²) in [6.45, 7) is 0. The predicted molar refractivity (Wildman–Crippen MR) is 51.5 cm³/mol. The average Bonchev–Trinajstić information content (AvgIpc) is 2.56. The standard InChI is InChI=1S/C11H7NO/c1-2-5-9-8(4-1)11-10(13-9)6-3-7-12-11/h1-7H. The normalized spacial score (nSPS) is 11.1. The van der Waals surface area contributed by atoms with Gasteiger partial charge >= 0.3 is 0 Å². The molecule has 0 atom stereocenters. The maximum atomic E-state index is 5.59. The van der Waals surface area contributed by atoms with Crippen LogP contribution in [0.1, 0.15) is 0 Å². The minimum Gasteiger partial charge on any atom is -0.454 e. The zero-order valence-corrected chi connectivity index (χ0v) is 6.90. The van der Waals surface area contributed by atoms with Gasteiger partial charge in [-0.25, -0.2) is 0 Å². The summed E-state index contributed by atoms with van der Waals surface area (Å²) in [5, 5.41) is 1.08. The van der Waals surface area contributed by atoms with Gasteiger partial charge < -0.3 is 4.42 Å². The SMILES string of the molecule is c1ccc2c(c1)oc1cccnc12. The zero-order chi connectivity index (χ0) is 8.67. The van der Waals surface area contributed by atoms with E-state index in [-0.39, 0.29) is 0 Å². The van der Waals surface area contributed by atoms with Crippen LogP contribution in [0, 0.1) is 0 Å². The van der Waals surface area contributed by atoms with Gasteiger partial charge in [-0.2, -0.15) is 0 Å². The van der Waals surface area contributed by atoms with Crippen molar-refractivity contribution in [1.82, 2.24) is 4.98 Å². The monoisotopic (exact) mass is 169 g/mol. The van der Waals surface area contributed by atoms with Crippen LogP contribution in [0.15, 0.2) is 47.0 Å². The number of benzene rings is 1. The molecular weight excluding hydrogens is 162 g/mol. The second-order valence-electron chi connectivity index (χ2n) is 2.95. The molecule has 13 heavy (non-hydrogen) atoms. The fraction of sp³-hybridized carbons (Fsp3) is 0. The molecule has 0 fully saturated rings. The number of hydrogen-bond acceptors (Lipinski definition) is 2. The Hall–Kier alpha value is -1.83. The first-order chi connectivity index (χ1) is 6.45. The molecule has 0 unspecified atom stereocenters. The van der Waals surface area contributed by atoms with E-state index in [0.29, 0.717) is 0 Å². The van der Waals surface area contributed by atoms with E-state index >= 15 is 0 Å². The van der Waals surface area contributed by atoms with Crippen LogP contribution in [0.2, 0.25) is 0 Å². The lowest BCUT2D eigenvalue weighted by atomic mass is 10.2. The zero-order valence-electron chi connectivity index (χ0n) is 6.90. The van der Waals surface area contributed by atoms with Crippen molar-refractivity contribution in [2.24, 2.45) is 0 Å². The Balaban J connectivity index is 2.64. The number of rotatable bonds is 0. The summed E-state index contributed by atoms with van der Waals surface area (Å²) in [5.41, 5.74) is 2.69. The number of hydrogen-bond donors (Lipinski definition) is 0. The highest BCUT2D eigenvalue weighted by Crippen LogP contribution is 2.25. The fourth-order valence-electron chi connectivity index (χ4n) is 1.54. The number of nitrogens with zero attached hydrogens (tertiary/aromatic N) is 1. The van der Waals surface area contributed by atoms with Crippen LogP contribution in [0.4, 0.5) is 0 Å².